The van der Waals surface area contributed by atoms with E-state index in [9.17, 15) is 4.79 Å². The summed E-state index contributed by atoms with van der Waals surface area (Å²) in [5.74, 6) is -0.344. The van der Waals surface area contributed by atoms with Crippen LogP contribution in [0.4, 0.5) is 0 Å². The van der Waals surface area contributed by atoms with E-state index in [1.54, 1.807) is 7.11 Å². The Labute approximate surface area is 97.6 Å². The van der Waals surface area contributed by atoms with E-state index in [1.165, 1.54) is 0 Å². The molecule has 16 heavy (non-hydrogen) atoms. The highest BCUT2D eigenvalue weighted by molar-refractivity contribution is 5.87. The quantitative estimate of drug-likeness (QED) is 0.345. The summed E-state index contributed by atoms with van der Waals surface area (Å²) in [6.07, 6.45) is 1.51. The topological polar surface area (TPSA) is 44.8 Å². The van der Waals surface area contributed by atoms with Gasteiger partial charge in [-0.2, -0.15) is 0 Å². The van der Waals surface area contributed by atoms with Gasteiger partial charge in [0.1, 0.15) is 6.61 Å². The van der Waals surface area contributed by atoms with Crippen molar-refractivity contribution in [2.24, 2.45) is 0 Å². The molecule has 1 unspecified atom stereocenters. The lowest BCUT2D eigenvalue weighted by Crippen LogP contribution is -2.13. The Kier molecular flexibility index (Phi) is 8.85. The number of rotatable bonds is 9. The highest BCUT2D eigenvalue weighted by Gasteiger charge is 2.10. The molecular weight excluding hydrogens is 208 g/mol. The summed E-state index contributed by atoms with van der Waals surface area (Å²) in [6, 6.07) is 0. The van der Waals surface area contributed by atoms with Crippen LogP contribution in [0.25, 0.3) is 0 Å². The third-order valence-corrected chi connectivity index (χ3v) is 2.21. The molecule has 0 aromatic rings. The first-order valence-electron chi connectivity index (χ1n) is 5.57. The van der Waals surface area contributed by atoms with Crippen molar-refractivity contribution in [2.45, 2.75) is 32.8 Å². The SMILES string of the molecule is C=C(CCC(C)OC)C(=O)OCCOCC. The summed E-state index contributed by atoms with van der Waals surface area (Å²) in [6.45, 7) is 8.88. The minimum absolute atomic E-state index is 0.132. The Morgan fingerprint density at radius 1 is 1.38 bits per heavy atom. The fourth-order valence-electron chi connectivity index (χ4n) is 1.04. The lowest BCUT2D eigenvalue weighted by Gasteiger charge is -2.10. The van der Waals surface area contributed by atoms with Crippen LogP contribution >= 0.6 is 0 Å². The van der Waals surface area contributed by atoms with E-state index in [2.05, 4.69) is 6.58 Å². The Morgan fingerprint density at radius 2 is 2.06 bits per heavy atom. The molecule has 0 aliphatic rings. The largest absolute Gasteiger partial charge is 0.460 e. The third-order valence-electron chi connectivity index (χ3n) is 2.21. The molecule has 4 nitrogen and oxygen atoms in total. The second-order valence-corrected chi connectivity index (χ2v) is 3.52. The number of hydrogen-bond donors (Lipinski definition) is 0. The standard InChI is InChI=1S/C12H22O4/c1-5-15-8-9-16-12(13)10(2)6-7-11(3)14-4/h11H,2,5-9H2,1,3-4H3. The summed E-state index contributed by atoms with van der Waals surface area (Å²) in [5.41, 5.74) is 0.486. The zero-order valence-corrected chi connectivity index (χ0v) is 10.5. The van der Waals surface area contributed by atoms with Crippen molar-refractivity contribution in [3.63, 3.8) is 0 Å². The van der Waals surface area contributed by atoms with E-state index in [0.29, 0.717) is 25.2 Å². The Bertz CT molecular complexity index is 213. The molecular formula is C12H22O4. The van der Waals surface area contributed by atoms with Crippen LogP contribution in [0.5, 0.6) is 0 Å². The van der Waals surface area contributed by atoms with Crippen molar-refractivity contribution >= 4 is 5.97 Å². The van der Waals surface area contributed by atoms with Gasteiger partial charge in [0.2, 0.25) is 0 Å². The van der Waals surface area contributed by atoms with Gasteiger partial charge in [-0.15, -0.1) is 0 Å². The van der Waals surface area contributed by atoms with Crippen LogP contribution in [0.15, 0.2) is 12.2 Å². The van der Waals surface area contributed by atoms with Gasteiger partial charge in [0.15, 0.2) is 0 Å². The fraction of sp³-hybridized carbons (Fsp3) is 0.750. The predicted molar refractivity (Wildman–Crippen MR) is 62.3 cm³/mol. The molecule has 0 spiro atoms. The van der Waals surface area contributed by atoms with Crippen LogP contribution < -0.4 is 0 Å². The van der Waals surface area contributed by atoms with Crippen LogP contribution in [0.2, 0.25) is 0 Å². The van der Waals surface area contributed by atoms with Gasteiger partial charge in [-0.3, -0.25) is 0 Å². The van der Waals surface area contributed by atoms with Crippen LogP contribution in [-0.2, 0) is 19.0 Å². The minimum atomic E-state index is -0.344. The Balaban J connectivity index is 3.61. The highest BCUT2D eigenvalue weighted by Crippen LogP contribution is 2.08. The third kappa shape index (κ3) is 7.43. The number of ether oxygens (including phenoxy) is 3. The maximum absolute atomic E-state index is 11.4. The molecule has 0 rings (SSSR count). The Morgan fingerprint density at radius 3 is 2.62 bits per heavy atom. The number of methoxy groups -OCH3 is 1. The minimum Gasteiger partial charge on any atom is -0.460 e. The molecule has 1 atom stereocenters. The molecule has 0 saturated heterocycles. The fourth-order valence-corrected chi connectivity index (χ4v) is 1.04. The van der Waals surface area contributed by atoms with Gasteiger partial charge in [0.05, 0.1) is 12.7 Å². The van der Waals surface area contributed by atoms with Gasteiger partial charge in [-0.1, -0.05) is 6.58 Å². The van der Waals surface area contributed by atoms with Gasteiger partial charge in [-0.25, -0.2) is 4.79 Å². The zero-order chi connectivity index (χ0) is 12.4. The summed E-state index contributed by atoms with van der Waals surface area (Å²) in [5, 5.41) is 0. The van der Waals surface area contributed by atoms with E-state index in [4.69, 9.17) is 14.2 Å². The molecule has 0 fully saturated rings. The second-order valence-electron chi connectivity index (χ2n) is 3.52. The first-order valence-corrected chi connectivity index (χ1v) is 5.57. The van der Waals surface area contributed by atoms with Crippen molar-refractivity contribution < 1.29 is 19.0 Å². The van der Waals surface area contributed by atoms with Gasteiger partial charge >= 0.3 is 5.97 Å². The van der Waals surface area contributed by atoms with Crippen LogP contribution in [0, 0.1) is 0 Å². The molecule has 0 amide bonds. The van der Waals surface area contributed by atoms with Crippen LogP contribution in [0.1, 0.15) is 26.7 Å². The maximum Gasteiger partial charge on any atom is 0.333 e. The predicted octanol–water partition coefficient (Wildman–Crippen LogP) is 1.94. The molecule has 0 bridgehead atoms. The smallest absolute Gasteiger partial charge is 0.333 e. The molecule has 0 N–H and O–H groups in total. The van der Waals surface area contributed by atoms with Crippen molar-refractivity contribution in [2.75, 3.05) is 26.9 Å². The molecule has 94 valence electrons. The summed E-state index contributed by atoms with van der Waals surface area (Å²) >= 11 is 0. The monoisotopic (exact) mass is 230 g/mol. The van der Waals surface area contributed by atoms with E-state index >= 15 is 0 Å². The molecule has 0 heterocycles. The van der Waals surface area contributed by atoms with Crippen molar-refractivity contribution in [3.8, 4) is 0 Å². The highest BCUT2D eigenvalue weighted by atomic mass is 16.6. The van der Waals surface area contributed by atoms with Gasteiger partial charge in [0, 0.05) is 19.3 Å². The summed E-state index contributed by atoms with van der Waals surface area (Å²) < 4.78 is 15.1. The molecule has 0 aromatic carbocycles. The first-order chi connectivity index (χ1) is 7.61. The zero-order valence-electron chi connectivity index (χ0n) is 10.5. The van der Waals surface area contributed by atoms with E-state index in [0.717, 1.165) is 6.42 Å². The van der Waals surface area contributed by atoms with Gasteiger partial charge in [0.25, 0.3) is 0 Å². The number of carbonyl (C=O) groups is 1. The van der Waals surface area contributed by atoms with Crippen molar-refractivity contribution in [1.29, 1.82) is 0 Å². The molecule has 4 heteroatoms. The average molecular weight is 230 g/mol. The van der Waals surface area contributed by atoms with Gasteiger partial charge < -0.3 is 14.2 Å². The van der Waals surface area contributed by atoms with Crippen LogP contribution in [0.3, 0.4) is 0 Å². The number of esters is 1. The molecule has 0 aliphatic heterocycles. The van der Waals surface area contributed by atoms with E-state index in [1.807, 2.05) is 13.8 Å². The second kappa shape index (κ2) is 9.36. The van der Waals surface area contributed by atoms with Crippen molar-refractivity contribution in [3.05, 3.63) is 12.2 Å². The van der Waals surface area contributed by atoms with E-state index in [-0.39, 0.29) is 18.7 Å². The van der Waals surface area contributed by atoms with Gasteiger partial charge in [-0.05, 0) is 26.7 Å². The van der Waals surface area contributed by atoms with E-state index < -0.39 is 0 Å². The Hall–Kier alpha value is -0.870. The number of hydrogen-bond acceptors (Lipinski definition) is 4. The molecule has 0 aliphatic carbocycles. The normalized spacial score (nSPS) is 12.2. The van der Waals surface area contributed by atoms with Crippen molar-refractivity contribution in [1.82, 2.24) is 0 Å². The maximum atomic E-state index is 11.4. The lowest BCUT2D eigenvalue weighted by atomic mass is 10.1. The molecule has 0 saturated carbocycles. The van der Waals surface area contributed by atoms with Crippen LogP contribution in [-0.4, -0.2) is 39.0 Å². The lowest BCUT2D eigenvalue weighted by molar-refractivity contribution is -0.140. The summed E-state index contributed by atoms with van der Waals surface area (Å²) in [4.78, 5) is 11.4. The average Bonchev–Trinajstić information content (AvgIpc) is 2.30. The first kappa shape index (κ1) is 15.1. The molecule has 0 aromatic heterocycles. The summed E-state index contributed by atoms with van der Waals surface area (Å²) in [7, 11) is 1.65. The molecule has 0 radical (unpaired) electrons. The number of carbonyl (C=O) groups excluding carboxylic acids is 1.